The third-order valence-corrected chi connectivity index (χ3v) is 3.93. The van der Waals surface area contributed by atoms with Crippen molar-refractivity contribution in [1.82, 2.24) is 15.8 Å². The Hall–Kier alpha value is -3.81. The fourth-order valence-corrected chi connectivity index (χ4v) is 2.57. The van der Waals surface area contributed by atoms with Crippen LogP contribution in [-0.4, -0.2) is 29.7 Å². The van der Waals surface area contributed by atoms with Crippen molar-refractivity contribution < 1.29 is 23.5 Å². The van der Waals surface area contributed by atoms with Crippen molar-refractivity contribution >= 4 is 12.0 Å². The van der Waals surface area contributed by atoms with Gasteiger partial charge in [0.2, 0.25) is 5.89 Å². The van der Waals surface area contributed by atoms with E-state index in [4.69, 9.17) is 13.9 Å². The molecular formula is C22H23N3O5. The molecule has 0 radical (unpaired) electrons. The van der Waals surface area contributed by atoms with Gasteiger partial charge in [-0.05, 0) is 63.2 Å². The Labute approximate surface area is 174 Å². The molecule has 2 N–H and O–H groups in total. The van der Waals surface area contributed by atoms with Gasteiger partial charge in [0.15, 0.2) is 5.76 Å². The molecule has 0 unspecified atom stereocenters. The van der Waals surface area contributed by atoms with E-state index in [9.17, 15) is 9.59 Å². The van der Waals surface area contributed by atoms with Crippen LogP contribution in [0, 0.1) is 0 Å². The standard InChI is InChI=1S/C22H23N3O5/c1-22(2,3)30-21(27)25-24-19(26)15-6-5-7-16(12-15)20-23-13-18(29-20)14-8-10-17(28-4)11-9-14/h5-13H,1-4H3,(H,24,26)(H,25,27). The summed E-state index contributed by atoms with van der Waals surface area (Å²) in [5.74, 6) is 1.21. The molecule has 8 heteroatoms. The molecule has 8 nitrogen and oxygen atoms in total. The lowest BCUT2D eigenvalue weighted by atomic mass is 10.1. The third-order valence-electron chi connectivity index (χ3n) is 3.93. The van der Waals surface area contributed by atoms with Gasteiger partial charge in [0.25, 0.3) is 5.91 Å². The average molecular weight is 409 g/mol. The number of nitrogens with zero attached hydrogens (tertiary/aromatic N) is 1. The Morgan fingerprint density at radius 1 is 1.00 bits per heavy atom. The fourth-order valence-electron chi connectivity index (χ4n) is 2.57. The predicted molar refractivity (Wildman–Crippen MR) is 111 cm³/mol. The van der Waals surface area contributed by atoms with Crippen LogP contribution < -0.4 is 15.6 Å². The summed E-state index contributed by atoms with van der Waals surface area (Å²) in [5.41, 5.74) is 5.67. The van der Waals surface area contributed by atoms with Crippen LogP contribution in [0.1, 0.15) is 31.1 Å². The van der Waals surface area contributed by atoms with Gasteiger partial charge in [0.05, 0.1) is 13.3 Å². The van der Waals surface area contributed by atoms with E-state index in [2.05, 4.69) is 15.8 Å². The highest BCUT2D eigenvalue weighted by Gasteiger charge is 2.17. The maximum absolute atomic E-state index is 12.3. The van der Waals surface area contributed by atoms with Crippen LogP contribution in [0.3, 0.4) is 0 Å². The third kappa shape index (κ3) is 5.38. The molecule has 0 fully saturated rings. The van der Waals surface area contributed by atoms with Crippen LogP contribution in [0.4, 0.5) is 4.79 Å². The van der Waals surface area contributed by atoms with Crippen molar-refractivity contribution in [3.63, 3.8) is 0 Å². The maximum atomic E-state index is 12.3. The molecule has 1 heterocycles. The first-order valence-corrected chi connectivity index (χ1v) is 9.25. The smallest absolute Gasteiger partial charge is 0.426 e. The van der Waals surface area contributed by atoms with E-state index in [0.717, 1.165) is 11.3 Å². The number of methoxy groups -OCH3 is 1. The minimum Gasteiger partial charge on any atom is -0.497 e. The van der Waals surface area contributed by atoms with Crippen LogP contribution in [0.5, 0.6) is 5.75 Å². The Bertz CT molecular complexity index is 1040. The Balaban J connectivity index is 1.70. The lowest BCUT2D eigenvalue weighted by Gasteiger charge is -2.19. The summed E-state index contributed by atoms with van der Waals surface area (Å²) in [4.78, 5) is 28.3. The Kier molecular flexibility index (Phi) is 6.06. The summed E-state index contributed by atoms with van der Waals surface area (Å²) in [6.07, 6.45) is 0.873. The molecule has 2 amide bonds. The van der Waals surface area contributed by atoms with Crippen LogP contribution in [0.25, 0.3) is 22.8 Å². The van der Waals surface area contributed by atoms with E-state index in [1.165, 1.54) is 0 Å². The number of rotatable bonds is 4. The van der Waals surface area contributed by atoms with E-state index in [-0.39, 0.29) is 0 Å². The van der Waals surface area contributed by atoms with Crippen molar-refractivity contribution in [2.24, 2.45) is 0 Å². The highest BCUT2D eigenvalue weighted by molar-refractivity contribution is 5.95. The predicted octanol–water partition coefficient (Wildman–Crippen LogP) is 4.19. The number of nitrogens with one attached hydrogen (secondary N) is 2. The molecule has 3 aromatic rings. The maximum Gasteiger partial charge on any atom is 0.426 e. The highest BCUT2D eigenvalue weighted by atomic mass is 16.6. The Morgan fingerprint density at radius 3 is 2.40 bits per heavy atom. The van der Waals surface area contributed by atoms with Gasteiger partial charge in [-0.15, -0.1) is 0 Å². The molecule has 0 atom stereocenters. The van der Waals surface area contributed by atoms with Gasteiger partial charge in [-0.1, -0.05) is 6.07 Å². The molecule has 0 bridgehead atoms. The zero-order valence-corrected chi connectivity index (χ0v) is 17.2. The number of carbonyl (C=O) groups is 2. The van der Waals surface area contributed by atoms with Crippen molar-refractivity contribution in [1.29, 1.82) is 0 Å². The van der Waals surface area contributed by atoms with Gasteiger partial charge < -0.3 is 13.9 Å². The Morgan fingerprint density at radius 2 is 1.73 bits per heavy atom. The van der Waals surface area contributed by atoms with Crippen molar-refractivity contribution in [3.05, 3.63) is 60.3 Å². The second-order valence-corrected chi connectivity index (χ2v) is 7.42. The second-order valence-electron chi connectivity index (χ2n) is 7.42. The number of ether oxygens (including phenoxy) is 2. The number of benzene rings is 2. The quantitative estimate of drug-likeness (QED) is 0.627. The summed E-state index contributed by atoms with van der Waals surface area (Å²) in [5, 5.41) is 0. The van der Waals surface area contributed by atoms with E-state index in [1.807, 2.05) is 24.3 Å². The molecule has 1 aromatic heterocycles. The monoisotopic (exact) mass is 409 g/mol. The summed E-state index contributed by atoms with van der Waals surface area (Å²) in [7, 11) is 1.60. The number of oxazole rings is 1. The van der Waals surface area contributed by atoms with Crippen LogP contribution in [-0.2, 0) is 4.74 Å². The van der Waals surface area contributed by atoms with E-state index in [0.29, 0.717) is 22.8 Å². The van der Waals surface area contributed by atoms with Gasteiger partial charge in [-0.3, -0.25) is 10.2 Å². The summed E-state index contributed by atoms with van der Waals surface area (Å²) in [6.45, 7) is 5.19. The topological polar surface area (TPSA) is 103 Å². The van der Waals surface area contributed by atoms with E-state index < -0.39 is 17.6 Å². The van der Waals surface area contributed by atoms with Crippen molar-refractivity contribution in [2.45, 2.75) is 26.4 Å². The number of aromatic nitrogens is 1. The summed E-state index contributed by atoms with van der Waals surface area (Å²) >= 11 is 0. The number of hydrogen-bond acceptors (Lipinski definition) is 6. The number of hydrazine groups is 1. The normalized spacial score (nSPS) is 10.9. The first kappa shape index (κ1) is 20.9. The van der Waals surface area contributed by atoms with E-state index in [1.54, 1.807) is 58.3 Å². The molecule has 3 rings (SSSR count). The molecule has 0 aliphatic carbocycles. The summed E-state index contributed by atoms with van der Waals surface area (Å²) in [6, 6.07) is 14.1. The minimum absolute atomic E-state index is 0.327. The minimum atomic E-state index is -0.746. The van der Waals surface area contributed by atoms with Gasteiger partial charge in [-0.25, -0.2) is 15.2 Å². The zero-order chi connectivity index (χ0) is 21.7. The molecule has 30 heavy (non-hydrogen) atoms. The average Bonchev–Trinajstić information content (AvgIpc) is 3.21. The van der Waals surface area contributed by atoms with E-state index >= 15 is 0 Å². The molecule has 156 valence electrons. The van der Waals surface area contributed by atoms with Gasteiger partial charge >= 0.3 is 6.09 Å². The SMILES string of the molecule is COc1ccc(-c2cnc(-c3cccc(C(=O)NNC(=O)OC(C)(C)C)c3)o2)cc1. The first-order valence-electron chi connectivity index (χ1n) is 9.25. The zero-order valence-electron chi connectivity index (χ0n) is 17.2. The van der Waals surface area contributed by atoms with Crippen LogP contribution in [0.2, 0.25) is 0 Å². The molecule has 0 saturated heterocycles. The molecular weight excluding hydrogens is 386 g/mol. The van der Waals surface area contributed by atoms with Gasteiger partial charge in [0.1, 0.15) is 11.4 Å². The molecule has 0 aliphatic rings. The first-order chi connectivity index (χ1) is 14.2. The number of carbonyl (C=O) groups excluding carboxylic acids is 2. The number of hydrogen-bond donors (Lipinski definition) is 2. The van der Waals surface area contributed by atoms with Gasteiger partial charge in [0, 0.05) is 16.7 Å². The van der Waals surface area contributed by atoms with Crippen LogP contribution >= 0.6 is 0 Å². The lowest BCUT2D eigenvalue weighted by Crippen LogP contribution is -2.44. The highest BCUT2D eigenvalue weighted by Crippen LogP contribution is 2.27. The molecule has 2 aromatic carbocycles. The van der Waals surface area contributed by atoms with Crippen molar-refractivity contribution in [2.75, 3.05) is 7.11 Å². The number of amides is 2. The fraction of sp³-hybridized carbons (Fsp3) is 0.227. The van der Waals surface area contributed by atoms with Crippen LogP contribution in [0.15, 0.2) is 59.1 Å². The molecule has 0 aliphatic heterocycles. The largest absolute Gasteiger partial charge is 0.497 e. The second kappa shape index (κ2) is 8.69. The molecule has 0 spiro atoms. The lowest BCUT2D eigenvalue weighted by molar-refractivity contribution is 0.0483. The van der Waals surface area contributed by atoms with Crippen molar-refractivity contribution in [3.8, 4) is 28.5 Å². The van der Waals surface area contributed by atoms with Gasteiger partial charge in [-0.2, -0.15) is 0 Å². The summed E-state index contributed by atoms with van der Waals surface area (Å²) < 4.78 is 16.1. The molecule has 0 saturated carbocycles.